The summed E-state index contributed by atoms with van der Waals surface area (Å²) in [5.74, 6) is 0.124. The predicted molar refractivity (Wildman–Crippen MR) is 69.4 cm³/mol. The van der Waals surface area contributed by atoms with Gasteiger partial charge in [-0.05, 0) is 25.1 Å². The van der Waals surface area contributed by atoms with Gasteiger partial charge >= 0.3 is 5.97 Å². The van der Waals surface area contributed by atoms with Crippen molar-refractivity contribution >= 4 is 28.5 Å². The summed E-state index contributed by atoms with van der Waals surface area (Å²) in [5.41, 5.74) is 1.70. The fourth-order valence-corrected chi connectivity index (χ4v) is 2.18. The van der Waals surface area contributed by atoms with Gasteiger partial charge in [-0.15, -0.1) is 0 Å². The van der Waals surface area contributed by atoms with Crippen molar-refractivity contribution in [1.29, 1.82) is 0 Å². The van der Waals surface area contributed by atoms with Crippen LogP contribution in [0.2, 0.25) is 5.02 Å². The number of pyridine rings is 1. The van der Waals surface area contributed by atoms with Crippen molar-refractivity contribution in [2.24, 2.45) is 0 Å². The molecule has 2 aromatic rings. The maximum Gasteiger partial charge on any atom is 0.338 e. The van der Waals surface area contributed by atoms with Crippen LogP contribution < -0.4 is 4.74 Å². The van der Waals surface area contributed by atoms with Crippen LogP contribution in [0, 0.1) is 6.92 Å². The van der Waals surface area contributed by atoms with E-state index in [0.717, 1.165) is 5.69 Å². The first-order valence-corrected chi connectivity index (χ1v) is 5.68. The summed E-state index contributed by atoms with van der Waals surface area (Å²) >= 11 is 6.19. The van der Waals surface area contributed by atoms with E-state index in [4.69, 9.17) is 21.1 Å². The second kappa shape index (κ2) is 4.82. The maximum atomic E-state index is 11.7. The fourth-order valence-electron chi connectivity index (χ4n) is 1.83. The molecule has 0 unspecified atom stereocenters. The average Bonchev–Trinajstić information content (AvgIpc) is 2.36. The zero-order valence-corrected chi connectivity index (χ0v) is 11.0. The van der Waals surface area contributed by atoms with Crippen molar-refractivity contribution in [3.63, 3.8) is 0 Å². The van der Waals surface area contributed by atoms with Gasteiger partial charge in [0, 0.05) is 11.1 Å². The summed E-state index contributed by atoms with van der Waals surface area (Å²) in [4.78, 5) is 16.1. The Morgan fingerprint density at radius 3 is 2.67 bits per heavy atom. The second-order valence-electron chi connectivity index (χ2n) is 3.78. The van der Waals surface area contributed by atoms with E-state index in [1.807, 2.05) is 6.92 Å². The van der Waals surface area contributed by atoms with Gasteiger partial charge < -0.3 is 9.47 Å². The third kappa shape index (κ3) is 1.99. The molecule has 0 amide bonds. The molecule has 18 heavy (non-hydrogen) atoms. The molecule has 94 valence electrons. The van der Waals surface area contributed by atoms with E-state index in [0.29, 0.717) is 27.2 Å². The summed E-state index contributed by atoms with van der Waals surface area (Å²) in [6.07, 6.45) is 0. The van der Waals surface area contributed by atoms with Gasteiger partial charge in [0.15, 0.2) is 0 Å². The number of methoxy groups -OCH3 is 2. The van der Waals surface area contributed by atoms with Gasteiger partial charge in [0.25, 0.3) is 0 Å². The molecule has 0 spiro atoms. The number of carbonyl (C=O) groups excluding carboxylic acids is 1. The Kier molecular flexibility index (Phi) is 3.39. The number of hydrogen-bond donors (Lipinski definition) is 0. The molecule has 0 bridgehead atoms. The maximum absolute atomic E-state index is 11.7. The Bertz CT molecular complexity index is 625. The minimum absolute atomic E-state index is 0.380. The molecule has 5 heteroatoms. The van der Waals surface area contributed by atoms with Gasteiger partial charge in [-0.25, -0.2) is 9.78 Å². The summed E-state index contributed by atoms with van der Waals surface area (Å²) in [6.45, 7) is 1.83. The number of halogens is 1. The van der Waals surface area contributed by atoms with Crippen LogP contribution in [0.25, 0.3) is 10.9 Å². The number of aryl methyl sites for hydroxylation is 1. The normalized spacial score (nSPS) is 10.4. The minimum Gasteiger partial charge on any atom is -0.494 e. The third-order valence-corrected chi connectivity index (χ3v) is 2.93. The predicted octanol–water partition coefficient (Wildman–Crippen LogP) is 2.99. The van der Waals surface area contributed by atoms with Crippen molar-refractivity contribution in [3.8, 4) is 5.75 Å². The topological polar surface area (TPSA) is 48.4 Å². The number of rotatable bonds is 2. The van der Waals surface area contributed by atoms with Crippen molar-refractivity contribution in [3.05, 3.63) is 34.5 Å². The lowest BCUT2D eigenvalue weighted by Gasteiger charge is -2.10. The summed E-state index contributed by atoms with van der Waals surface area (Å²) in [6, 6.07) is 5.00. The average molecular weight is 266 g/mol. The van der Waals surface area contributed by atoms with Gasteiger partial charge in [0.05, 0.1) is 24.8 Å². The van der Waals surface area contributed by atoms with Crippen LogP contribution >= 0.6 is 11.6 Å². The molecule has 0 radical (unpaired) electrons. The SMILES string of the molecule is COC(=O)c1ccc(OC)c2nc(C)cc(Cl)c12. The first kappa shape index (κ1) is 12.6. The highest BCUT2D eigenvalue weighted by Crippen LogP contribution is 2.33. The number of fused-ring (bicyclic) bond motifs is 1. The lowest BCUT2D eigenvalue weighted by molar-refractivity contribution is 0.0603. The van der Waals surface area contributed by atoms with E-state index in [-0.39, 0.29) is 0 Å². The Morgan fingerprint density at radius 1 is 1.33 bits per heavy atom. The molecule has 1 aromatic carbocycles. The van der Waals surface area contributed by atoms with E-state index in [2.05, 4.69) is 4.98 Å². The molecule has 4 nitrogen and oxygen atoms in total. The lowest BCUT2D eigenvalue weighted by Crippen LogP contribution is -2.04. The third-order valence-electron chi connectivity index (χ3n) is 2.63. The van der Waals surface area contributed by atoms with E-state index in [1.165, 1.54) is 7.11 Å². The van der Waals surface area contributed by atoms with Gasteiger partial charge in [0.2, 0.25) is 0 Å². The largest absolute Gasteiger partial charge is 0.494 e. The molecule has 2 rings (SSSR count). The van der Waals surface area contributed by atoms with Gasteiger partial charge in [0.1, 0.15) is 11.3 Å². The molecule has 0 N–H and O–H groups in total. The standard InChI is InChI=1S/C13H12ClNO3/c1-7-6-9(14)11-8(13(16)18-3)4-5-10(17-2)12(11)15-7/h4-6H,1-3H3. The number of nitrogens with zero attached hydrogens (tertiary/aromatic N) is 1. The first-order valence-electron chi connectivity index (χ1n) is 5.30. The molecule has 0 saturated carbocycles. The van der Waals surface area contributed by atoms with E-state index in [9.17, 15) is 4.79 Å². The molecule has 0 atom stereocenters. The monoisotopic (exact) mass is 265 g/mol. The molecule has 0 saturated heterocycles. The quantitative estimate of drug-likeness (QED) is 0.783. The van der Waals surface area contributed by atoms with Crippen LogP contribution in [0.1, 0.15) is 16.1 Å². The number of benzene rings is 1. The van der Waals surface area contributed by atoms with Crippen molar-refractivity contribution in [2.45, 2.75) is 6.92 Å². The lowest BCUT2D eigenvalue weighted by atomic mass is 10.1. The van der Waals surface area contributed by atoms with Crippen LogP contribution in [-0.4, -0.2) is 25.2 Å². The molecule has 1 aromatic heterocycles. The smallest absolute Gasteiger partial charge is 0.338 e. The Labute approximate surface area is 109 Å². The van der Waals surface area contributed by atoms with Crippen molar-refractivity contribution in [1.82, 2.24) is 4.98 Å². The zero-order chi connectivity index (χ0) is 13.3. The van der Waals surface area contributed by atoms with Gasteiger partial charge in [-0.2, -0.15) is 0 Å². The summed E-state index contributed by atoms with van der Waals surface area (Å²) in [5, 5.41) is 1.00. The van der Waals surface area contributed by atoms with Crippen LogP contribution in [0.4, 0.5) is 0 Å². The summed E-state index contributed by atoms with van der Waals surface area (Å²) in [7, 11) is 2.87. The van der Waals surface area contributed by atoms with Crippen LogP contribution in [0.15, 0.2) is 18.2 Å². The number of carbonyl (C=O) groups is 1. The molecule has 0 aliphatic carbocycles. The first-order chi connectivity index (χ1) is 8.58. The minimum atomic E-state index is -0.449. The molecule has 0 fully saturated rings. The fraction of sp³-hybridized carbons (Fsp3) is 0.231. The highest BCUT2D eigenvalue weighted by atomic mass is 35.5. The van der Waals surface area contributed by atoms with Gasteiger partial charge in [-0.1, -0.05) is 11.6 Å². The Hall–Kier alpha value is -1.81. The summed E-state index contributed by atoms with van der Waals surface area (Å²) < 4.78 is 9.97. The zero-order valence-electron chi connectivity index (χ0n) is 10.3. The number of ether oxygens (including phenoxy) is 2. The van der Waals surface area contributed by atoms with Crippen LogP contribution in [0.5, 0.6) is 5.75 Å². The van der Waals surface area contributed by atoms with E-state index in [1.54, 1.807) is 25.3 Å². The number of hydrogen-bond acceptors (Lipinski definition) is 4. The Balaban J connectivity index is 2.88. The number of esters is 1. The van der Waals surface area contributed by atoms with E-state index >= 15 is 0 Å². The Morgan fingerprint density at radius 2 is 2.06 bits per heavy atom. The highest BCUT2D eigenvalue weighted by molar-refractivity contribution is 6.36. The van der Waals surface area contributed by atoms with Crippen LogP contribution in [0.3, 0.4) is 0 Å². The molecular weight excluding hydrogens is 254 g/mol. The van der Waals surface area contributed by atoms with Crippen molar-refractivity contribution in [2.75, 3.05) is 14.2 Å². The van der Waals surface area contributed by atoms with Crippen LogP contribution in [-0.2, 0) is 4.74 Å². The number of aromatic nitrogens is 1. The molecular formula is C13H12ClNO3. The second-order valence-corrected chi connectivity index (χ2v) is 4.18. The molecule has 0 aliphatic heterocycles. The van der Waals surface area contributed by atoms with Gasteiger partial charge in [-0.3, -0.25) is 0 Å². The highest BCUT2D eigenvalue weighted by Gasteiger charge is 2.17. The van der Waals surface area contributed by atoms with Crippen molar-refractivity contribution < 1.29 is 14.3 Å². The molecule has 1 heterocycles. The molecule has 0 aliphatic rings. The van der Waals surface area contributed by atoms with E-state index < -0.39 is 5.97 Å².